The Balaban J connectivity index is 2.03. The van der Waals surface area contributed by atoms with Crippen LogP contribution in [0.4, 0.5) is 0 Å². The van der Waals surface area contributed by atoms with Crippen LogP contribution >= 0.6 is 0 Å². The summed E-state index contributed by atoms with van der Waals surface area (Å²) >= 11 is 0. The van der Waals surface area contributed by atoms with Gasteiger partial charge in [-0.2, -0.15) is 0 Å². The molecular formula is C22H20O3. The largest absolute Gasteiger partial charge is 0.508 e. The molecule has 0 amide bonds. The molecule has 0 aliphatic rings. The lowest BCUT2D eigenvalue weighted by Crippen LogP contribution is -1.99. The zero-order valence-corrected chi connectivity index (χ0v) is 14.1. The second-order valence-electron chi connectivity index (χ2n) is 6.05. The molecule has 0 unspecified atom stereocenters. The molecule has 25 heavy (non-hydrogen) atoms. The van der Waals surface area contributed by atoms with Crippen LogP contribution in [0.5, 0.6) is 17.2 Å². The maximum Gasteiger partial charge on any atom is 0.128 e. The zero-order valence-electron chi connectivity index (χ0n) is 14.1. The van der Waals surface area contributed by atoms with Gasteiger partial charge in [0, 0.05) is 5.56 Å². The van der Waals surface area contributed by atoms with Gasteiger partial charge in [-0.1, -0.05) is 43.0 Å². The van der Waals surface area contributed by atoms with Crippen LogP contribution in [0.15, 0.2) is 78.9 Å². The summed E-state index contributed by atoms with van der Waals surface area (Å²) in [6.07, 6.45) is 0. The zero-order chi connectivity index (χ0) is 17.8. The van der Waals surface area contributed by atoms with Gasteiger partial charge in [0.05, 0.1) is 0 Å². The fourth-order valence-electron chi connectivity index (χ4n) is 2.56. The second kappa shape index (κ2) is 7.14. The normalized spacial score (nSPS) is 10.4. The molecule has 0 fully saturated rings. The molecule has 3 aromatic rings. The van der Waals surface area contributed by atoms with E-state index in [0.29, 0.717) is 6.61 Å². The third-order valence-corrected chi connectivity index (χ3v) is 3.83. The molecule has 0 spiro atoms. The predicted molar refractivity (Wildman–Crippen MR) is 101 cm³/mol. The predicted octanol–water partition coefficient (Wildman–Crippen LogP) is 5.39. The van der Waals surface area contributed by atoms with Crippen LogP contribution in [0.3, 0.4) is 0 Å². The van der Waals surface area contributed by atoms with E-state index in [2.05, 4.69) is 6.58 Å². The van der Waals surface area contributed by atoms with Crippen molar-refractivity contribution in [1.29, 1.82) is 0 Å². The first-order valence-corrected chi connectivity index (χ1v) is 8.03. The molecule has 3 heteroatoms. The van der Waals surface area contributed by atoms with Gasteiger partial charge in [0.15, 0.2) is 0 Å². The van der Waals surface area contributed by atoms with E-state index < -0.39 is 0 Å². The first kappa shape index (κ1) is 16.7. The lowest BCUT2D eigenvalue weighted by Gasteiger charge is -2.14. The van der Waals surface area contributed by atoms with Crippen LogP contribution in [0.1, 0.15) is 6.92 Å². The highest BCUT2D eigenvalue weighted by atomic mass is 16.5. The third kappa shape index (κ3) is 4.01. The summed E-state index contributed by atoms with van der Waals surface area (Å²) in [6, 6.07) is 20.1. The number of ether oxygens (including phenoxy) is 1. The molecule has 3 nitrogen and oxygen atoms in total. The van der Waals surface area contributed by atoms with Crippen LogP contribution in [0.25, 0.3) is 22.3 Å². The lowest BCUT2D eigenvalue weighted by molar-refractivity contribution is 0.354. The van der Waals surface area contributed by atoms with Crippen LogP contribution in [-0.2, 0) is 0 Å². The first-order chi connectivity index (χ1) is 12.0. The molecule has 0 saturated heterocycles. The second-order valence-corrected chi connectivity index (χ2v) is 6.05. The highest BCUT2D eigenvalue weighted by Gasteiger charge is 2.10. The van der Waals surface area contributed by atoms with Gasteiger partial charge >= 0.3 is 0 Å². The molecule has 3 aromatic carbocycles. The highest BCUT2D eigenvalue weighted by Crippen LogP contribution is 2.35. The molecule has 0 radical (unpaired) electrons. The van der Waals surface area contributed by atoms with Gasteiger partial charge in [0.2, 0.25) is 0 Å². The van der Waals surface area contributed by atoms with Gasteiger partial charge in [-0.05, 0) is 59.5 Å². The summed E-state index contributed by atoms with van der Waals surface area (Å²) in [7, 11) is 0. The van der Waals surface area contributed by atoms with Crippen molar-refractivity contribution in [2.45, 2.75) is 6.92 Å². The Bertz CT molecular complexity index is 878. The molecule has 0 aromatic heterocycles. The maximum absolute atomic E-state index is 9.50. The minimum atomic E-state index is 0.230. The number of aromatic hydroxyl groups is 2. The number of benzene rings is 3. The topological polar surface area (TPSA) is 49.7 Å². The summed E-state index contributed by atoms with van der Waals surface area (Å²) in [6.45, 7) is 6.24. The summed E-state index contributed by atoms with van der Waals surface area (Å²) in [5.74, 6) is 1.22. The van der Waals surface area contributed by atoms with Crippen LogP contribution in [-0.4, -0.2) is 16.8 Å². The SMILES string of the molecule is C=C(C)COc1cc(-c2ccc(O)cc2)ccc1-c1ccc(O)cc1. The number of phenols is 2. The monoisotopic (exact) mass is 332 g/mol. The van der Waals surface area contributed by atoms with Crippen molar-refractivity contribution in [3.05, 3.63) is 78.9 Å². The number of phenolic OH excluding ortho intramolecular Hbond substituents is 2. The molecule has 126 valence electrons. The Kier molecular flexibility index (Phi) is 4.75. The Hall–Kier alpha value is -3.20. The van der Waals surface area contributed by atoms with Crippen molar-refractivity contribution >= 4 is 0 Å². The number of rotatable bonds is 5. The maximum atomic E-state index is 9.50. The van der Waals surface area contributed by atoms with Crippen molar-refractivity contribution in [3.63, 3.8) is 0 Å². The Morgan fingerprint density at radius 2 is 1.32 bits per heavy atom. The third-order valence-electron chi connectivity index (χ3n) is 3.83. The molecule has 0 aliphatic carbocycles. The molecular weight excluding hydrogens is 312 g/mol. The fraction of sp³-hybridized carbons (Fsp3) is 0.0909. The molecule has 0 saturated carbocycles. The quantitative estimate of drug-likeness (QED) is 0.616. The summed E-state index contributed by atoms with van der Waals surface area (Å²) in [5.41, 5.74) is 4.84. The van der Waals surface area contributed by atoms with Crippen molar-refractivity contribution < 1.29 is 14.9 Å². The Labute approximate surface area is 147 Å². The van der Waals surface area contributed by atoms with Gasteiger partial charge in [0.25, 0.3) is 0 Å². The van der Waals surface area contributed by atoms with Gasteiger partial charge in [-0.15, -0.1) is 0 Å². The van der Waals surface area contributed by atoms with Gasteiger partial charge in [0.1, 0.15) is 23.9 Å². The smallest absolute Gasteiger partial charge is 0.128 e. The van der Waals surface area contributed by atoms with E-state index in [1.165, 1.54) is 0 Å². The van der Waals surface area contributed by atoms with E-state index in [9.17, 15) is 10.2 Å². The number of hydrogen-bond acceptors (Lipinski definition) is 3. The standard InChI is InChI=1S/C22H20O3/c1-15(2)14-25-22-13-18(16-3-8-19(23)9-4-16)7-12-21(22)17-5-10-20(24)11-6-17/h3-13,23-24H,1,14H2,2H3. The minimum absolute atomic E-state index is 0.230. The van der Waals surface area contributed by atoms with Crippen molar-refractivity contribution in [2.75, 3.05) is 6.61 Å². The van der Waals surface area contributed by atoms with E-state index in [-0.39, 0.29) is 11.5 Å². The fourth-order valence-corrected chi connectivity index (χ4v) is 2.56. The van der Waals surface area contributed by atoms with Gasteiger partial charge < -0.3 is 14.9 Å². The van der Waals surface area contributed by atoms with Crippen molar-refractivity contribution in [1.82, 2.24) is 0 Å². The molecule has 0 atom stereocenters. The molecule has 0 heterocycles. The Morgan fingerprint density at radius 3 is 1.88 bits per heavy atom. The summed E-state index contributed by atoms with van der Waals surface area (Å²) < 4.78 is 5.96. The van der Waals surface area contributed by atoms with Gasteiger partial charge in [-0.25, -0.2) is 0 Å². The van der Waals surface area contributed by atoms with E-state index in [1.807, 2.05) is 49.4 Å². The first-order valence-electron chi connectivity index (χ1n) is 8.03. The van der Waals surface area contributed by atoms with E-state index >= 15 is 0 Å². The average Bonchev–Trinajstić information content (AvgIpc) is 2.61. The van der Waals surface area contributed by atoms with Crippen molar-refractivity contribution in [2.24, 2.45) is 0 Å². The highest BCUT2D eigenvalue weighted by molar-refractivity contribution is 5.76. The van der Waals surface area contributed by atoms with E-state index in [0.717, 1.165) is 33.6 Å². The van der Waals surface area contributed by atoms with Crippen LogP contribution in [0, 0.1) is 0 Å². The van der Waals surface area contributed by atoms with Crippen LogP contribution in [0.2, 0.25) is 0 Å². The molecule has 0 aliphatic heterocycles. The minimum Gasteiger partial charge on any atom is -0.508 e. The van der Waals surface area contributed by atoms with E-state index in [1.54, 1.807) is 24.3 Å². The summed E-state index contributed by atoms with van der Waals surface area (Å²) in [5, 5.41) is 19.0. The number of hydrogen-bond donors (Lipinski definition) is 2. The Morgan fingerprint density at radius 1 is 0.800 bits per heavy atom. The molecule has 3 rings (SSSR count). The molecule has 0 bridgehead atoms. The van der Waals surface area contributed by atoms with Gasteiger partial charge in [-0.3, -0.25) is 0 Å². The summed E-state index contributed by atoms with van der Waals surface area (Å²) in [4.78, 5) is 0. The van der Waals surface area contributed by atoms with Crippen LogP contribution < -0.4 is 4.74 Å². The van der Waals surface area contributed by atoms with E-state index in [4.69, 9.17) is 4.74 Å². The average molecular weight is 332 g/mol. The molecule has 2 N–H and O–H groups in total. The van der Waals surface area contributed by atoms with Crippen molar-refractivity contribution in [3.8, 4) is 39.5 Å². The lowest BCUT2D eigenvalue weighted by atomic mass is 9.99.